The Labute approximate surface area is 111 Å². The highest BCUT2D eigenvalue weighted by atomic mass is 16.5. The maximum atomic E-state index is 12.2. The Bertz CT molecular complexity index is 698. The van der Waals surface area contributed by atoms with Crippen molar-refractivity contribution in [2.75, 3.05) is 7.11 Å². The van der Waals surface area contributed by atoms with Crippen LogP contribution in [0.3, 0.4) is 0 Å². The van der Waals surface area contributed by atoms with E-state index in [1.54, 1.807) is 7.11 Å². The van der Waals surface area contributed by atoms with Gasteiger partial charge in [-0.2, -0.15) is 0 Å². The van der Waals surface area contributed by atoms with Gasteiger partial charge in [0.2, 0.25) is 0 Å². The van der Waals surface area contributed by atoms with Gasteiger partial charge >= 0.3 is 0 Å². The number of carbonyl (C=O) groups excluding carboxylic acids is 1. The van der Waals surface area contributed by atoms with Gasteiger partial charge in [0.15, 0.2) is 5.78 Å². The number of carbonyl (C=O) groups is 1. The van der Waals surface area contributed by atoms with Gasteiger partial charge in [0, 0.05) is 11.1 Å². The Morgan fingerprint density at radius 1 is 1.21 bits per heavy atom. The van der Waals surface area contributed by atoms with Crippen LogP contribution in [0.2, 0.25) is 0 Å². The van der Waals surface area contributed by atoms with Crippen molar-refractivity contribution < 1.29 is 14.6 Å². The summed E-state index contributed by atoms with van der Waals surface area (Å²) in [5.74, 6) is 0.743. The van der Waals surface area contributed by atoms with E-state index >= 15 is 0 Å². The van der Waals surface area contributed by atoms with Crippen molar-refractivity contribution >= 4 is 16.6 Å². The summed E-state index contributed by atoms with van der Waals surface area (Å²) in [5, 5.41) is 11.2. The minimum atomic E-state index is -0.0681. The lowest BCUT2D eigenvalue weighted by molar-refractivity contribution is 0.102. The van der Waals surface area contributed by atoms with Gasteiger partial charge in [0.25, 0.3) is 0 Å². The van der Waals surface area contributed by atoms with Crippen LogP contribution >= 0.6 is 0 Å². The lowest BCUT2D eigenvalue weighted by atomic mass is 9.84. The van der Waals surface area contributed by atoms with Crippen LogP contribution in [0.1, 0.15) is 22.3 Å². The number of ketones is 1. The minimum absolute atomic E-state index is 0.0681. The smallest absolute Gasteiger partial charge is 0.192 e. The van der Waals surface area contributed by atoms with Gasteiger partial charge in [0.1, 0.15) is 5.75 Å². The summed E-state index contributed by atoms with van der Waals surface area (Å²) in [6.45, 7) is 0. The number of Topliss-reactive ketones (excluding diaryl/α,β-unsaturated/α-hetero) is 1. The highest BCUT2D eigenvalue weighted by molar-refractivity contribution is 6.13. The second-order valence-corrected chi connectivity index (χ2v) is 4.66. The highest BCUT2D eigenvalue weighted by Gasteiger charge is 2.23. The second kappa shape index (κ2) is 4.43. The maximum Gasteiger partial charge on any atom is 0.192 e. The molecular formula is C16H14O3. The quantitative estimate of drug-likeness (QED) is 0.626. The molecule has 0 heterocycles. The monoisotopic (exact) mass is 254 g/mol. The molecule has 0 atom stereocenters. The summed E-state index contributed by atoms with van der Waals surface area (Å²) in [6.07, 6.45) is 2.30. The van der Waals surface area contributed by atoms with Gasteiger partial charge in [-0.05, 0) is 41.3 Å². The van der Waals surface area contributed by atoms with Crippen molar-refractivity contribution in [2.45, 2.75) is 12.8 Å². The van der Waals surface area contributed by atoms with Crippen molar-refractivity contribution in [2.24, 2.45) is 0 Å². The van der Waals surface area contributed by atoms with Crippen molar-refractivity contribution in [3.63, 3.8) is 0 Å². The predicted molar refractivity (Wildman–Crippen MR) is 73.9 cm³/mol. The molecule has 3 nitrogen and oxygen atoms in total. The first-order valence-corrected chi connectivity index (χ1v) is 6.22. The molecule has 1 aliphatic rings. The lowest BCUT2D eigenvalue weighted by Crippen LogP contribution is -2.14. The number of methoxy groups -OCH3 is 1. The summed E-state index contributed by atoms with van der Waals surface area (Å²) in [7, 11) is 1.64. The van der Waals surface area contributed by atoms with Crippen LogP contribution in [0.15, 0.2) is 42.2 Å². The van der Waals surface area contributed by atoms with Gasteiger partial charge in [-0.1, -0.05) is 18.2 Å². The zero-order chi connectivity index (χ0) is 13.4. The average Bonchev–Trinajstić information content (AvgIpc) is 2.46. The molecule has 96 valence electrons. The number of allylic oxidation sites excluding steroid dienone is 1. The van der Waals surface area contributed by atoms with Gasteiger partial charge in [0.05, 0.1) is 13.4 Å². The molecule has 0 unspecified atom stereocenters. The molecule has 0 saturated heterocycles. The molecule has 0 aromatic heterocycles. The van der Waals surface area contributed by atoms with Crippen LogP contribution in [0, 0.1) is 0 Å². The zero-order valence-electron chi connectivity index (χ0n) is 10.6. The van der Waals surface area contributed by atoms with Gasteiger partial charge in [-0.15, -0.1) is 0 Å². The number of aryl methyl sites for hydroxylation is 1. The normalized spacial score (nSPS) is 16.7. The van der Waals surface area contributed by atoms with E-state index in [-0.39, 0.29) is 5.78 Å². The number of hydrogen-bond donors (Lipinski definition) is 1. The molecule has 0 amide bonds. The first kappa shape index (κ1) is 11.8. The first-order valence-electron chi connectivity index (χ1n) is 6.22. The number of aliphatic hydroxyl groups is 1. The minimum Gasteiger partial charge on any atom is -0.515 e. The molecule has 0 aliphatic heterocycles. The number of fused-ring (bicyclic) bond motifs is 3. The van der Waals surface area contributed by atoms with Crippen molar-refractivity contribution in [3.05, 3.63) is 53.3 Å². The molecule has 3 rings (SSSR count). The summed E-state index contributed by atoms with van der Waals surface area (Å²) >= 11 is 0. The molecule has 0 radical (unpaired) electrons. The standard InChI is InChI=1S/C16H14O3/c1-19-12-4-7-13-10(8-12)2-6-15-14(13)5-3-11(9-17)16(15)18/h2,4,6-9,17H,3,5H2,1H3/b11-9+. The molecule has 3 heteroatoms. The lowest BCUT2D eigenvalue weighted by Gasteiger charge is -2.19. The average molecular weight is 254 g/mol. The Hall–Kier alpha value is -2.29. The fraction of sp³-hybridized carbons (Fsp3) is 0.188. The van der Waals surface area contributed by atoms with Crippen LogP contribution in [0.25, 0.3) is 10.8 Å². The molecular weight excluding hydrogens is 240 g/mol. The topological polar surface area (TPSA) is 46.5 Å². The number of benzene rings is 2. The Kier molecular flexibility index (Phi) is 2.75. The third-order valence-electron chi connectivity index (χ3n) is 3.67. The zero-order valence-corrected chi connectivity index (χ0v) is 10.6. The second-order valence-electron chi connectivity index (χ2n) is 4.66. The van der Waals surface area contributed by atoms with Crippen LogP contribution in [0.5, 0.6) is 5.75 Å². The Morgan fingerprint density at radius 2 is 2.05 bits per heavy atom. The van der Waals surface area contributed by atoms with E-state index in [1.807, 2.05) is 30.3 Å². The highest BCUT2D eigenvalue weighted by Crippen LogP contribution is 2.32. The van der Waals surface area contributed by atoms with Crippen molar-refractivity contribution in [3.8, 4) is 5.75 Å². The number of aliphatic hydroxyl groups excluding tert-OH is 1. The maximum absolute atomic E-state index is 12.2. The van der Waals surface area contributed by atoms with Gasteiger partial charge < -0.3 is 9.84 Å². The van der Waals surface area contributed by atoms with E-state index in [9.17, 15) is 4.79 Å². The summed E-state index contributed by atoms with van der Waals surface area (Å²) < 4.78 is 5.21. The van der Waals surface area contributed by atoms with E-state index in [1.165, 1.54) is 0 Å². The largest absolute Gasteiger partial charge is 0.515 e. The van der Waals surface area contributed by atoms with Gasteiger partial charge in [-0.3, -0.25) is 4.79 Å². The Morgan fingerprint density at radius 3 is 2.79 bits per heavy atom. The fourth-order valence-corrected chi connectivity index (χ4v) is 2.65. The SMILES string of the molecule is COc1ccc2c3c(ccc2c1)C(=O)/C(=C/O)CC3. The first-order chi connectivity index (χ1) is 9.24. The van der Waals surface area contributed by atoms with Crippen LogP contribution in [0.4, 0.5) is 0 Å². The van der Waals surface area contributed by atoms with Crippen molar-refractivity contribution in [1.29, 1.82) is 0 Å². The molecule has 19 heavy (non-hydrogen) atoms. The Balaban J connectivity index is 2.23. The van der Waals surface area contributed by atoms with E-state index < -0.39 is 0 Å². The number of rotatable bonds is 1. The third kappa shape index (κ3) is 1.78. The van der Waals surface area contributed by atoms with Crippen LogP contribution < -0.4 is 4.74 Å². The molecule has 1 N–H and O–H groups in total. The number of hydrogen-bond acceptors (Lipinski definition) is 3. The molecule has 0 fully saturated rings. The van der Waals surface area contributed by atoms with E-state index in [2.05, 4.69) is 0 Å². The molecule has 2 aromatic rings. The van der Waals surface area contributed by atoms with E-state index in [0.717, 1.165) is 34.8 Å². The summed E-state index contributed by atoms with van der Waals surface area (Å²) in [6, 6.07) is 9.63. The predicted octanol–water partition coefficient (Wildman–Crippen LogP) is 3.42. The molecule has 0 spiro atoms. The van der Waals surface area contributed by atoms with Gasteiger partial charge in [-0.25, -0.2) is 0 Å². The van der Waals surface area contributed by atoms with Crippen LogP contribution in [-0.2, 0) is 6.42 Å². The molecule has 2 aromatic carbocycles. The fourth-order valence-electron chi connectivity index (χ4n) is 2.65. The van der Waals surface area contributed by atoms with Crippen LogP contribution in [-0.4, -0.2) is 18.0 Å². The van der Waals surface area contributed by atoms with E-state index in [0.29, 0.717) is 17.6 Å². The summed E-state index contributed by atoms with van der Waals surface area (Å²) in [4.78, 5) is 12.2. The number of ether oxygens (including phenoxy) is 1. The van der Waals surface area contributed by atoms with E-state index in [4.69, 9.17) is 9.84 Å². The third-order valence-corrected chi connectivity index (χ3v) is 3.67. The molecule has 0 saturated carbocycles. The molecule has 1 aliphatic carbocycles. The summed E-state index contributed by atoms with van der Waals surface area (Å²) in [5.41, 5.74) is 2.25. The van der Waals surface area contributed by atoms with Crippen molar-refractivity contribution in [1.82, 2.24) is 0 Å². The molecule has 0 bridgehead atoms.